The van der Waals surface area contributed by atoms with Gasteiger partial charge in [-0.05, 0) is 32.2 Å². The Kier molecular flexibility index (Phi) is 5.53. The first-order valence-electron chi connectivity index (χ1n) is 7.43. The van der Waals surface area contributed by atoms with E-state index in [-0.39, 0.29) is 0 Å². The summed E-state index contributed by atoms with van der Waals surface area (Å²) >= 11 is 0. The van der Waals surface area contributed by atoms with Crippen LogP contribution in [-0.2, 0) is 19.6 Å². The predicted octanol–water partition coefficient (Wildman–Crippen LogP) is 3.11. The van der Waals surface area contributed by atoms with Gasteiger partial charge in [0.25, 0.3) is 0 Å². The van der Waals surface area contributed by atoms with E-state index in [1.165, 1.54) is 5.56 Å². The first kappa shape index (κ1) is 15.7. The van der Waals surface area contributed by atoms with Gasteiger partial charge >= 0.3 is 0 Å². The van der Waals surface area contributed by atoms with E-state index >= 15 is 0 Å². The molecule has 0 saturated carbocycles. The monoisotopic (exact) mass is 287 g/mol. The SMILES string of the molecule is Cc1cccc(CN(C)Cc2cc(CNC(C)C)co2)n1. The van der Waals surface area contributed by atoms with Crippen molar-refractivity contribution in [1.29, 1.82) is 0 Å². The summed E-state index contributed by atoms with van der Waals surface area (Å²) in [5.74, 6) is 0.991. The van der Waals surface area contributed by atoms with Gasteiger partial charge in [0.15, 0.2) is 0 Å². The lowest BCUT2D eigenvalue weighted by Gasteiger charge is -2.14. The van der Waals surface area contributed by atoms with E-state index in [1.54, 1.807) is 0 Å². The van der Waals surface area contributed by atoms with E-state index in [9.17, 15) is 0 Å². The maximum absolute atomic E-state index is 5.63. The van der Waals surface area contributed by atoms with Crippen LogP contribution in [0.3, 0.4) is 0 Å². The quantitative estimate of drug-likeness (QED) is 0.849. The number of aryl methyl sites for hydroxylation is 1. The van der Waals surface area contributed by atoms with Crippen molar-refractivity contribution >= 4 is 0 Å². The maximum atomic E-state index is 5.63. The van der Waals surface area contributed by atoms with Gasteiger partial charge < -0.3 is 9.73 Å². The molecule has 0 amide bonds. The van der Waals surface area contributed by atoms with Crippen LogP contribution in [0, 0.1) is 6.92 Å². The molecule has 0 aliphatic rings. The molecule has 2 aromatic rings. The normalized spacial score (nSPS) is 11.5. The molecule has 2 heterocycles. The highest BCUT2D eigenvalue weighted by Gasteiger charge is 2.07. The van der Waals surface area contributed by atoms with Crippen LogP contribution >= 0.6 is 0 Å². The van der Waals surface area contributed by atoms with Crippen LogP contribution in [0.15, 0.2) is 34.9 Å². The number of aromatic nitrogens is 1. The molecule has 0 bridgehead atoms. The zero-order chi connectivity index (χ0) is 15.2. The average molecular weight is 287 g/mol. The molecule has 114 valence electrons. The average Bonchev–Trinajstić information content (AvgIpc) is 2.83. The van der Waals surface area contributed by atoms with E-state index in [0.717, 1.165) is 36.8 Å². The minimum atomic E-state index is 0.485. The third-order valence-corrected chi connectivity index (χ3v) is 3.23. The van der Waals surface area contributed by atoms with E-state index < -0.39 is 0 Å². The van der Waals surface area contributed by atoms with Gasteiger partial charge in [0.05, 0.1) is 18.5 Å². The molecule has 0 atom stereocenters. The number of nitrogens with one attached hydrogen (secondary N) is 1. The number of furan rings is 1. The highest BCUT2D eigenvalue weighted by atomic mass is 16.3. The minimum Gasteiger partial charge on any atom is -0.468 e. The second-order valence-electron chi connectivity index (χ2n) is 5.90. The van der Waals surface area contributed by atoms with Gasteiger partial charge in [-0.25, -0.2) is 0 Å². The number of pyridine rings is 1. The molecule has 0 radical (unpaired) electrons. The highest BCUT2D eigenvalue weighted by molar-refractivity contribution is 5.13. The van der Waals surface area contributed by atoms with Crippen molar-refractivity contribution in [2.75, 3.05) is 7.05 Å². The molecule has 4 nitrogen and oxygen atoms in total. The molecular weight excluding hydrogens is 262 g/mol. The van der Waals surface area contributed by atoms with Crippen molar-refractivity contribution in [3.8, 4) is 0 Å². The Bertz CT molecular complexity index is 563. The lowest BCUT2D eigenvalue weighted by Crippen LogP contribution is -2.21. The summed E-state index contributed by atoms with van der Waals surface area (Å²) in [6.45, 7) is 8.76. The lowest BCUT2D eigenvalue weighted by molar-refractivity contribution is 0.284. The number of rotatable bonds is 7. The smallest absolute Gasteiger partial charge is 0.118 e. The summed E-state index contributed by atoms with van der Waals surface area (Å²) in [5, 5.41) is 3.39. The summed E-state index contributed by atoms with van der Waals surface area (Å²) in [5.41, 5.74) is 3.34. The number of nitrogens with zero attached hydrogens (tertiary/aromatic N) is 2. The molecule has 0 aliphatic heterocycles. The van der Waals surface area contributed by atoms with Crippen molar-refractivity contribution in [3.05, 3.63) is 53.2 Å². The van der Waals surface area contributed by atoms with Crippen molar-refractivity contribution in [3.63, 3.8) is 0 Å². The van der Waals surface area contributed by atoms with E-state index in [0.29, 0.717) is 6.04 Å². The van der Waals surface area contributed by atoms with E-state index in [4.69, 9.17) is 4.42 Å². The van der Waals surface area contributed by atoms with Gasteiger partial charge in [-0.2, -0.15) is 0 Å². The molecule has 0 fully saturated rings. The maximum Gasteiger partial charge on any atom is 0.118 e. The third kappa shape index (κ3) is 5.33. The van der Waals surface area contributed by atoms with Gasteiger partial charge in [-0.15, -0.1) is 0 Å². The van der Waals surface area contributed by atoms with Gasteiger partial charge in [0, 0.05) is 30.4 Å². The van der Waals surface area contributed by atoms with Crippen molar-refractivity contribution < 1.29 is 4.42 Å². The van der Waals surface area contributed by atoms with Crippen molar-refractivity contribution in [2.24, 2.45) is 0 Å². The zero-order valence-corrected chi connectivity index (χ0v) is 13.4. The first-order valence-corrected chi connectivity index (χ1v) is 7.43. The van der Waals surface area contributed by atoms with Crippen molar-refractivity contribution in [1.82, 2.24) is 15.2 Å². The fraction of sp³-hybridized carbons (Fsp3) is 0.471. The first-order chi connectivity index (χ1) is 10.0. The van der Waals surface area contributed by atoms with Gasteiger partial charge in [-0.1, -0.05) is 19.9 Å². The Balaban J connectivity index is 1.86. The summed E-state index contributed by atoms with van der Waals surface area (Å²) < 4.78 is 5.63. The molecule has 2 rings (SSSR count). The Morgan fingerprint density at radius 1 is 1.29 bits per heavy atom. The van der Waals surface area contributed by atoms with Crippen LogP contribution in [-0.4, -0.2) is 23.0 Å². The summed E-state index contributed by atoms with van der Waals surface area (Å²) in [6.07, 6.45) is 1.84. The van der Waals surface area contributed by atoms with Crippen LogP contribution in [0.4, 0.5) is 0 Å². The summed E-state index contributed by atoms with van der Waals surface area (Å²) in [4.78, 5) is 6.74. The third-order valence-electron chi connectivity index (χ3n) is 3.23. The van der Waals surface area contributed by atoms with Crippen LogP contribution in [0.5, 0.6) is 0 Å². The fourth-order valence-corrected chi connectivity index (χ4v) is 2.21. The standard InChI is InChI=1S/C17H25N3O/c1-13(2)18-9-15-8-17(21-12-15)11-20(4)10-16-7-5-6-14(3)19-16/h5-8,12-13,18H,9-11H2,1-4H3. The van der Waals surface area contributed by atoms with Crippen LogP contribution in [0.2, 0.25) is 0 Å². The summed E-state index contributed by atoms with van der Waals surface area (Å²) in [6, 6.07) is 8.73. The van der Waals surface area contributed by atoms with E-state index in [2.05, 4.69) is 48.2 Å². The van der Waals surface area contributed by atoms with Gasteiger partial charge in [-0.3, -0.25) is 9.88 Å². The fourth-order valence-electron chi connectivity index (χ4n) is 2.21. The number of hydrogen-bond donors (Lipinski definition) is 1. The largest absolute Gasteiger partial charge is 0.468 e. The molecular formula is C17H25N3O. The molecule has 0 aromatic carbocycles. The van der Waals surface area contributed by atoms with E-state index in [1.807, 2.05) is 25.3 Å². The van der Waals surface area contributed by atoms with Crippen molar-refractivity contribution in [2.45, 2.75) is 46.4 Å². The lowest BCUT2D eigenvalue weighted by atomic mass is 10.2. The predicted molar refractivity (Wildman–Crippen MR) is 84.8 cm³/mol. The summed E-state index contributed by atoms with van der Waals surface area (Å²) in [7, 11) is 2.08. The Hall–Kier alpha value is -1.65. The topological polar surface area (TPSA) is 41.3 Å². The second-order valence-corrected chi connectivity index (χ2v) is 5.90. The zero-order valence-electron chi connectivity index (χ0n) is 13.4. The molecule has 0 spiro atoms. The Labute approximate surface area is 127 Å². The van der Waals surface area contributed by atoms with Crippen LogP contribution < -0.4 is 5.32 Å². The molecule has 2 aromatic heterocycles. The molecule has 0 unspecified atom stereocenters. The Morgan fingerprint density at radius 2 is 2.10 bits per heavy atom. The van der Waals surface area contributed by atoms with Gasteiger partial charge in [0.2, 0.25) is 0 Å². The number of hydrogen-bond acceptors (Lipinski definition) is 4. The second kappa shape index (κ2) is 7.38. The van der Waals surface area contributed by atoms with Gasteiger partial charge in [0.1, 0.15) is 5.76 Å². The molecule has 0 saturated heterocycles. The van der Waals surface area contributed by atoms with Crippen LogP contribution in [0.1, 0.15) is 36.6 Å². The minimum absolute atomic E-state index is 0.485. The Morgan fingerprint density at radius 3 is 2.81 bits per heavy atom. The van der Waals surface area contributed by atoms with Crippen LogP contribution in [0.25, 0.3) is 0 Å². The molecule has 4 heteroatoms. The molecule has 0 aliphatic carbocycles. The molecule has 21 heavy (non-hydrogen) atoms. The molecule has 1 N–H and O–H groups in total. The highest BCUT2D eigenvalue weighted by Crippen LogP contribution is 2.12.